The maximum atomic E-state index is 6.24. The van der Waals surface area contributed by atoms with E-state index in [1.54, 1.807) is 0 Å². The fourth-order valence-corrected chi connectivity index (χ4v) is 10.4. The summed E-state index contributed by atoms with van der Waals surface area (Å²) in [5, 5.41) is 7.60. The highest BCUT2D eigenvalue weighted by atomic mass is 32.1. The van der Waals surface area contributed by atoms with Crippen molar-refractivity contribution in [3.63, 3.8) is 0 Å². The molecule has 0 aliphatic heterocycles. The Morgan fingerprint density at radius 1 is 0.365 bits per heavy atom. The second kappa shape index (κ2) is 11.7. The first-order valence-electron chi connectivity index (χ1n) is 17.5. The molecule has 11 rings (SSSR count). The molecule has 0 aliphatic rings. The van der Waals surface area contributed by atoms with Crippen molar-refractivity contribution >= 4 is 102 Å². The molecule has 0 aliphatic carbocycles. The predicted octanol–water partition coefficient (Wildman–Crippen LogP) is 15.1. The number of thiophene rings is 2. The minimum atomic E-state index is 0.909. The molecule has 52 heavy (non-hydrogen) atoms. The lowest BCUT2D eigenvalue weighted by molar-refractivity contribution is 0.669. The van der Waals surface area contributed by atoms with Gasteiger partial charge in [-0.25, -0.2) is 0 Å². The van der Waals surface area contributed by atoms with Crippen molar-refractivity contribution < 1.29 is 4.42 Å². The molecule has 0 saturated heterocycles. The van der Waals surface area contributed by atoms with Crippen molar-refractivity contribution in [2.24, 2.45) is 0 Å². The van der Waals surface area contributed by atoms with Gasteiger partial charge in [-0.15, -0.1) is 22.7 Å². The van der Waals surface area contributed by atoms with Crippen molar-refractivity contribution in [3.8, 4) is 22.3 Å². The molecule has 3 heterocycles. The van der Waals surface area contributed by atoms with Gasteiger partial charge >= 0.3 is 0 Å². The topological polar surface area (TPSA) is 16.4 Å². The van der Waals surface area contributed by atoms with Gasteiger partial charge in [-0.1, -0.05) is 121 Å². The molecule has 0 spiro atoms. The molecule has 0 unspecified atom stereocenters. The van der Waals surface area contributed by atoms with Crippen LogP contribution in [0, 0.1) is 0 Å². The van der Waals surface area contributed by atoms with Gasteiger partial charge < -0.3 is 9.32 Å². The summed E-state index contributed by atoms with van der Waals surface area (Å²) in [7, 11) is 0. The molecule has 11 aromatic rings. The third-order valence-electron chi connectivity index (χ3n) is 10.3. The van der Waals surface area contributed by atoms with E-state index >= 15 is 0 Å². The Morgan fingerprint density at radius 3 is 1.83 bits per heavy atom. The van der Waals surface area contributed by atoms with E-state index in [9.17, 15) is 0 Å². The van der Waals surface area contributed by atoms with Gasteiger partial charge in [-0.05, 0) is 76.9 Å². The van der Waals surface area contributed by atoms with E-state index in [0.717, 1.165) is 38.9 Å². The van der Waals surface area contributed by atoms with Gasteiger partial charge in [0, 0.05) is 57.8 Å². The summed E-state index contributed by atoms with van der Waals surface area (Å²) in [6.45, 7) is 0. The zero-order valence-corrected chi connectivity index (χ0v) is 29.5. The third-order valence-corrected chi connectivity index (χ3v) is 12.7. The first-order valence-corrected chi connectivity index (χ1v) is 19.1. The summed E-state index contributed by atoms with van der Waals surface area (Å²) in [6.07, 6.45) is 0. The van der Waals surface area contributed by atoms with E-state index < -0.39 is 0 Å². The molecule has 0 radical (unpaired) electrons. The van der Waals surface area contributed by atoms with Gasteiger partial charge in [0.05, 0.1) is 10.4 Å². The second-order valence-electron chi connectivity index (χ2n) is 13.2. The van der Waals surface area contributed by atoms with Crippen LogP contribution < -0.4 is 4.90 Å². The number of anilines is 3. The summed E-state index contributed by atoms with van der Waals surface area (Å²) in [4.78, 5) is 2.42. The molecule has 4 heteroatoms. The lowest BCUT2D eigenvalue weighted by Crippen LogP contribution is -2.10. The largest absolute Gasteiger partial charge is 0.456 e. The molecule has 8 aromatic carbocycles. The van der Waals surface area contributed by atoms with E-state index in [-0.39, 0.29) is 0 Å². The Bertz CT molecular complexity index is 3110. The number of nitrogens with zero attached hydrogens (tertiary/aromatic N) is 1. The van der Waals surface area contributed by atoms with Crippen LogP contribution in [0.15, 0.2) is 180 Å². The van der Waals surface area contributed by atoms with Crippen LogP contribution in [-0.2, 0) is 0 Å². The average molecular weight is 700 g/mol. The zero-order valence-electron chi connectivity index (χ0n) is 27.9. The van der Waals surface area contributed by atoms with Gasteiger partial charge in [-0.3, -0.25) is 0 Å². The van der Waals surface area contributed by atoms with Crippen LogP contribution in [0.5, 0.6) is 0 Å². The van der Waals surface area contributed by atoms with E-state index in [1.165, 1.54) is 62.7 Å². The highest BCUT2D eigenvalue weighted by molar-refractivity contribution is 7.30. The predicted molar refractivity (Wildman–Crippen MR) is 225 cm³/mol. The van der Waals surface area contributed by atoms with Crippen LogP contribution in [0.1, 0.15) is 0 Å². The van der Waals surface area contributed by atoms with E-state index in [4.69, 9.17) is 4.42 Å². The Kier molecular flexibility index (Phi) is 6.63. The molecule has 0 saturated carbocycles. The number of benzene rings is 8. The van der Waals surface area contributed by atoms with Crippen molar-refractivity contribution in [1.29, 1.82) is 0 Å². The van der Waals surface area contributed by atoms with Crippen molar-refractivity contribution in [1.82, 2.24) is 0 Å². The number of hydrogen-bond donors (Lipinski definition) is 0. The summed E-state index contributed by atoms with van der Waals surface area (Å²) in [5.41, 5.74) is 9.97. The van der Waals surface area contributed by atoms with Crippen LogP contribution in [-0.4, -0.2) is 0 Å². The van der Waals surface area contributed by atoms with Gasteiger partial charge in [0.1, 0.15) is 11.2 Å². The summed E-state index contributed by atoms with van der Waals surface area (Å²) in [6, 6.07) is 63.5. The van der Waals surface area contributed by atoms with Gasteiger partial charge in [0.25, 0.3) is 0 Å². The van der Waals surface area contributed by atoms with Crippen molar-refractivity contribution in [2.45, 2.75) is 0 Å². The summed E-state index contributed by atoms with van der Waals surface area (Å²) < 4.78 is 11.6. The first kappa shape index (κ1) is 29.5. The molecule has 0 atom stereocenters. The normalized spacial score (nSPS) is 11.8. The molecule has 0 amide bonds. The first-order chi connectivity index (χ1) is 25.8. The zero-order chi connectivity index (χ0) is 34.2. The Balaban J connectivity index is 1.11. The SMILES string of the molecule is c1ccc(-c2ccc(N(c3ccc(-c4cccc5oc6ccccc6c45)cc3)c3cccc4c3sc3c4ccc4sc5ccccc5c43)cc2)cc1. The average Bonchev–Trinajstić information content (AvgIpc) is 3.90. The second-order valence-corrected chi connectivity index (χ2v) is 15.3. The fraction of sp³-hybridized carbons (Fsp3) is 0. The minimum absolute atomic E-state index is 0.909. The molecule has 0 fully saturated rings. The minimum Gasteiger partial charge on any atom is -0.456 e. The van der Waals surface area contributed by atoms with Crippen LogP contribution in [0.3, 0.4) is 0 Å². The standard InChI is InChI=1S/C48H29NOS2/c1-2-10-30(11-3-1)31-20-24-33(25-21-31)49(34-26-22-32(23-27-34)35-14-9-18-42-45(35)38-12-4-6-17-41(38)50-42)40-16-8-15-36-37-28-29-44-46(48(37)52-47(36)40)39-13-5-7-19-43(39)51-44/h1-29H. The number of fused-ring (bicyclic) bond motifs is 10. The Labute approximate surface area is 308 Å². The van der Waals surface area contributed by atoms with E-state index in [0.29, 0.717) is 0 Å². The molecular formula is C48H29NOS2. The molecule has 244 valence electrons. The monoisotopic (exact) mass is 699 g/mol. The number of hydrogen-bond acceptors (Lipinski definition) is 4. The van der Waals surface area contributed by atoms with E-state index in [1.807, 2.05) is 34.8 Å². The van der Waals surface area contributed by atoms with Crippen LogP contribution in [0.4, 0.5) is 17.1 Å². The molecule has 2 nitrogen and oxygen atoms in total. The quantitative estimate of drug-likeness (QED) is 0.178. The molecule has 3 aromatic heterocycles. The number of para-hydroxylation sites is 1. The third kappa shape index (κ3) is 4.55. The van der Waals surface area contributed by atoms with E-state index in [2.05, 4.69) is 169 Å². The highest BCUT2D eigenvalue weighted by Gasteiger charge is 2.21. The lowest BCUT2D eigenvalue weighted by atomic mass is 9.99. The van der Waals surface area contributed by atoms with Gasteiger partial charge in [0.2, 0.25) is 0 Å². The summed E-state index contributed by atoms with van der Waals surface area (Å²) >= 11 is 3.79. The smallest absolute Gasteiger partial charge is 0.136 e. The van der Waals surface area contributed by atoms with Crippen molar-refractivity contribution in [3.05, 3.63) is 176 Å². The fourth-order valence-electron chi connectivity index (χ4n) is 7.89. The molecule has 0 bridgehead atoms. The van der Waals surface area contributed by atoms with Crippen LogP contribution in [0.25, 0.3) is 84.5 Å². The van der Waals surface area contributed by atoms with Crippen LogP contribution >= 0.6 is 22.7 Å². The van der Waals surface area contributed by atoms with Crippen LogP contribution in [0.2, 0.25) is 0 Å². The number of furan rings is 1. The molecule has 0 N–H and O–H groups in total. The maximum Gasteiger partial charge on any atom is 0.136 e. The van der Waals surface area contributed by atoms with Gasteiger partial charge in [-0.2, -0.15) is 0 Å². The molecular weight excluding hydrogens is 671 g/mol. The summed E-state index contributed by atoms with van der Waals surface area (Å²) in [5.74, 6) is 0. The number of rotatable bonds is 5. The van der Waals surface area contributed by atoms with Crippen molar-refractivity contribution in [2.75, 3.05) is 4.90 Å². The van der Waals surface area contributed by atoms with Gasteiger partial charge in [0.15, 0.2) is 0 Å². The maximum absolute atomic E-state index is 6.24. The Hall–Kier alpha value is -6.20. The lowest BCUT2D eigenvalue weighted by Gasteiger charge is -2.26. The highest BCUT2D eigenvalue weighted by Crippen LogP contribution is 2.49. The Morgan fingerprint density at radius 2 is 1.00 bits per heavy atom.